The van der Waals surface area contributed by atoms with Crippen LogP contribution in [0.4, 0.5) is 0 Å². The molecule has 0 saturated carbocycles. The van der Waals surface area contributed by atoms with Crippen LogP contribution in [-0.4, -0.2) is 42.3 Å². The van der Waals surface area contributed by atoms with Crippen LogP contribution in [0.2, 0.25) is 0 Å². The summed E-state index contributed by atoms with van der Waals surface area (Å²) in [5, 5.41) is 19.8. The van der Waals surface area contributed by atoms with Gasteiger partial charge in [0.15, 0.2) is 0 Å². The molecule has 0 aliphatic rings. The molecule has 0 aliphatic heterocycles. The topological polar surface area (TPSA) is 74.4 Å². The highest BCUT2D eigenvalue weighted by atomic mass is 16.5. The molecule has 0 aromatic heterocycles. The maximum Gasteiger partial charge on any atom is 0.124 e. The first-order valence-corrected chi connectivity index (χ1v) is 9.85. The quantitative estimate of drug-likeness (QED) is 0.429. The van der Waals surface area contributed by atoms with Gasteiger partial charge in [-0.15, -0.1) is 0 Å². The lowest BCUT2D eigenvalue weighted by atomic mass is 10.1. The van der Waals surface area contributed by atoms with Crippen LogP contribution in [0.15, 0.2) is 46.4 Å². The Bertz CT molecular complexity index is 800. The van der Waals surface area contributed by atoms with E-state index in [1.807, 2.05) is 19.1 Å². The highest BCUT2D eigenvalue weighted by Crippen LogP contribution is 2.22. The van der Waals surface area contributed by atoms with E-state index in [1.165, 1.54) is 19.3 Å². The van der Waals surface area contributed by atoms with Gasteiger partial charge in [-0.25, -0.2) is 0 Å². The Morgan fingerprint density at radius 3 is 2.18 bits per heavy atom. The molecule has 5 nitrogen and oxygen atoms in total. The number of rotatable bonds is 11. The summed E-state index contributed by atoms with van der Waals surface area (Å²) in [6, 6.07) is 10.6. The van der Waals surface area contributed by atoms with E-state index >= 15 is 0 Å². The molecule has 0 amide bonds. The van der Waals surface area contributed by atoms with E-state index in [4.69, 9.17) is 4.74 Å². The van der Waals surface area contributed by atoms with E-state index in [0.29, 0.717) is 30.8 Å². The third kappa shape index (κ3) is 7.43. The Hall–Kier alpha value is -2.82. The molecule has 0 unspecified atom stereocenters. The van der Waals surface area contributed by atoms with Crippen LogP contribution in [0.1, 0.15) is 49.3 Å². The van der Waals surface area contributed by atoms with E-state index in [9.17, 15) is 10.2 Å². The molecule has 2 rings (SSSR count). The Kier molecular flexibility index (Phi) is 9.05. The monoisotopic (exact) mass is 382 g/mol. The molecule has 0 spiro atoms. The molecule has 0 aliphatic carbocycles. The van der Waals surface area contributed by atoms with Crippen molar-refractivity contribution in [1.82, 2.24) is 0 Å². The van der Waals surface area contributed by atoms with Gasteiger partial charge >= 0.3 is 0 Å². The zero-order valence-corrected chi connectivity index (χ0v) is 16.8. The fourth-order valence-corrected chi connectivity index (χ4v) is 2.66. The third-order valence-electron chi connectivity index (χ3n) is 4.27. The van der Waals surface area contributed by atoms with Crippen molar-refractivity contribution in [3.63, 3.8) is 0 Å². The molecule has 150 valence electrons. The molecule has 2 aromatic carbocycles. The van der Waals surface area contributed by atoms with Gasteiger partial charge in [0.25, 0.3) is 0 Å². The number of hydrogen-bond acceptors (Lipinski definition) is 5. The van der Waals surface area contributed by atoms with Gasteiger partial charge in [0.1, 0.15) is 17.2 Å². The largest absolute Gasteiger partial charge is 0.507 e. The number of aliphatic imine (C=N–C) groups is 2. The summed E-state index contributed by atoms with van der Waals surface area (Å²) in [5.41, 5.74) is 2.40. The smallest absolute Gasteiger partial charge is 0.124 e. The molecule has 0 saturated heterocycles. The molecule has 28 heavy (non-hydrogen) atoms. The van der Waals surface area contributed by atoms with Crippen LogP contribution in [0.5, 0.6) is 17.2 Å². The van der Waals surface area contributed by atoms with E-state index < -0.39 is 0 Å². The lowest BCUT2D eigenvalue weighted by Crippen LogP contribution is -1.98. The second-order valence-electron chi connectivity index (χ2n) is 6.76. The number of ether oxygens (including phenoxy) is 1. The van der Waals surface area contributed by atoms with Crippen molar-refractivity contribution in [3.8, 4) is 17.2 Å². The van der Waals surface area contributed by atoms with E-state index in [0.717, 1.165) is 17.7 Å². The minimum Gasteiger partial charge on any atom is -0.507 e. The average molecular weight is 383 g/mol. The Morgan fingerprint density at radius 2 is 1.50 bits per heavy atom. The number of aryl methyl sites for hydroxylation is 1. The van der Waals surface area contributed by atoms with Gasteiger partial charge < -0.3 is 14.9 Å². The first-order chi connectivity index (χ1) is 13.6. The maximum absolute atomic E-state index is 9.98. The molecular weight excluding hydrogens is 352 g/mol. The minimum atomic E-state index is 0.176. The summed E-state index contributed by atoms with van der Waals surface area (Å²) in [5.74, 6) is 1.13. The number of hydrogen-bond donors (Lipinski definition) is 2. The van der Waals surface area contributed by atoms with E-state index in [2.05, 4.69) is 16.9 Å². The summed E-state index contributed by atoms with van der Waals surface area (Å²) in [6.45, 7) is 5.82. The van der Waals surface area contributed by atoms with E-state index in [-0.39, 0.29) is 11.5 Å². The maximum atomic E-state index is 9.98. The fraction of sp³-hybridized carbons (Fsp3) is 0.391. The second kappa shape index (κ2) is 11.8. The summed E-state index contributed by atoms with van der Waals surface area (Å²) in [6.07, 6.45) is 7.93. The van der Waals surface area contributed by atoms with Crippen LogP contribution in [-0.2, 0) is 0 Å². The summed E-state index contributed by atoms with van der Waals surface area (Å²) < 4.78 is 5.74. The zero-order valence-electron chi connectivity index (χ0n) is 16.8. The molecule has 0 atom stereocenters. The highest BCUT2D eigenvalue weighted by molar-refractivity contribution is 5.84. The van der Waals surface area contributed by atoms with Crippen molar-refractivity contribution in [2.24, 2.45) is 9.98 Å². The van der Waals surface area contributed by atoms with Crippen molar-refractivity contribution in [2.45, 2.75) is 39.5 Å². The van der Waals surface area contributed by atoms with Gasteiger partial charge in [0.2, 0.25) is 0 Å². The average Bonchev–Trinajstić information content (AvgIpc) is 2.69. The van der Waals surface area contributed by atoms with Crippen molar-refractivity contribution in [2.75, 3.05) is 19.7 Å². The lowest BCUT2D eigenvalue weighted by molar-refractivity contribution is 0.304. The van der Waals surface area contributed by atoms with Crippen LogP contribution >= 0.6 is 0 Å². The molecule has 0 radical (unpaired) electrons. The van der Waals surface area contributed by atoms with Gasteiger partial charge in [0.05, 0.1) is 19.7 Å². The van der Waals surface area contributed by atoms with Crippen LogP contribution in [0, 0.1) is 6.92 Å². The number of phenols is 2. The molecule has 2 aromatic rings. The van der Waals surface area contributed by atoms with Gasteiger partial charge in [-0.05, 0) is 43.7 Å². The zero-order chi connectivity index (χ0) is 20.2. The van der Waals surface area contributed by atoms with Crippen LogP contribution in [0.3, 0.4) is 0 Å². The molecule has 0 fully saturated rings. The van der Waals surface area contributed by atoms with Crippen LogP contribution < -0.4 is 4.74 Å². The minimum absolute atomic E-state index is 0.176. The number of nitrogens with zero attached hydrogens (tertiary/aromatic N) is 2. The Morgan fingerprint density at radius 1 is 0.857 bits per heavy atom. The lowest BCUT2D eigenvalue weighted by Gasteiger charge is -2.07. The van der Waals surface area contributed by atoms with Crippen molar-refractivity contribution in [1.29, 1.82) is 0 Å². The third-order valence-corrected chi connectivity index (χ3v) is 4.27. The number of aromatic hydroxyl groups is 2. The normalized spacial score (nSPS) is 11.5. The number of phenolic OH excluding ortho intramolecular Hbond substituents is 2. The van der Waals surface area contributed by atoms with Gasteiger partial charge in [-0.2, -0.15) is 0 Å². The fourth-order valence-electron chi connectivity index (χ4n) is 2.66. The summed E-state index contributed by atoms with van der Waals surface area (Å²) >= 11 is 0. The second-order valence-corrected chi connectivity index (χ2v) is 6.76. The van der Waals surface area contributed by atoms with Gasteiger partial charge in [0, 0.05) is 23.6 Å². The first-order valence-electron chi connectivity index (χ1n) is 9.85. The SMILES string of the molecule is CCCCCCOc1ccc(O)c(C=NCCN=Cc2cc(C)ccc2O)c1. The van der Waals surface area contributed by atoms with E-state index in [1.54, 1.807) is 36.7 Å². The molecule has 0 heterocycles. The van der Waals surface area contributed by atoms with Gasteiger partial charge in [-0.1, -0.05) is 37.8 Å². The van der Waals surface area contributed by atoms with Crippen LogP contribution in [0.25, 0.3) is 0 Å². The predicted octanol–water partition coefficient (Wildman–Crippen LogP) is 4.90. The first kappa shape index (κ1) is 21.5. The molecular formula is C23H30N2O3. The summed E-state index contributed by atoms with van der Waals surface area (Å²) in [7, 11) is 0. The van der Waals surface area contributed by atoms with Gasteiger partial charge in [-0.3, -0.25) is 9.98 Å². The number of unbranched alkanes of at least 4 members (excludes halogenated alkanes) is 3. The van der Waals surface area contributed by atoms with Crippen molar-refractivity contribution in [3.05, 3.63) is 53.1 Å². The highest BCUT2D eigenvalue weighted by Gasteiger charge is 2.02. The van der Waals surface area contributed by atoms with Crippen molar-refractivity contribution >= 4 is 12.4 Å². The summed E-state index contributed by atoms with van der Waals surface area (Å²) in [4.78, 5) is 8.61. The predicted molar refractivity (Wildman–Crippen MR) is 116 cm³/mol. The van der Waals surface area contributed by atoms with Crippen molar-refractivity contribution < 1.29 is 14.9 Å². The Balaban J connectivity index is 1.82. The molecule has 2 N–H and O–H groups in total. The molecule has 0 bridgehead atoms. The standard InChI is InChI=1S/C23H30N2O3/c1-3-4-5-6-13-28-21-8-10-23(27)20(15-21)17-25-12-11-24-16-19-14-18(2)7-9-22(19)26/h7-10,14-17,26-27H,3-6,11-13H2,1-2H3. The Labute approximate surface area is 167 Å². The number of benzene rings is 2. The molecule has 5 heteroatoms.